The summed E-state index contributed by atoms with van der Waals surface area (Å²) in [5.74, 6) is 1.64. The summed E-state index contributed by atoms with van der Waals surface area (Å²) in [6, 6.07) is 16.0. The Labute approximate surface area is 206 Å². The van der Waals surface area contributed by atoms with Crippen molar-refractivity contribution in [1.82, 2.24) is 9.88 Å². The van der Waals surface area contributed by atoms with Gasteiger partial charge in [-0.3, -0.25) is 4.79 Å². The summed E-state index contributed by atoms with van der Waals surface area (Å²) in [5, 5.41) is 12.3. The van der Waals surface area contributed by atoms with Crippen LogP contribution in [0.15, 0.2) is 70.7 Å². The Morgan fingerprint density at radius 3 is 2.65 bits per heavy atom. The Morgan fingerprint density at radius 1 is 1.15 bits per heavy atom. The van der Waals surface area contributed by atoms with Gasteiger partial charge in [-0.15, -0.1) is 11.3 Å². The second-order valence-electron chi connectivity index (χ2n) is 7.41. The molecule has 1 N–H and O–H groups in total. The van der Waals surface area contributed by atoms with Crippen LogP contribution in [0.1, 0.15) is 32.4 Å². The van der Waals surface area contributed by atoms with Gasteiger partial charge in [0.25, 0.3) is 5.91 Å². The van der Waals surface area contributed by atoms with Gasteiger partial charge in [0.05, 0.1) is 32.2 Å². The zero-order valence-corrected chi connectivity index (χ0v) is 20.0. The largest absolute Gasteiger partial charge is 0.493 e. The average molecular weight is 499 g/mol. The van der Waals surface area contributed by atoms with Gasteiger partial charge in [0.1, 0.15) is 17.4 Å². The number of carbonyl (C=O) groups excluding carboxylic acids is 1. The molecule has 4 rings (SSSR count). The topological polar surface area (TPSA) is 85.0 Å². The maximum absolute atomic E-state index is 13.3. The molecule has 0 saturated heterocycles. The van der Waals surface area contributed by atoms with Gasteiger partial charge in [-0.2, -0.15) is 0 Å². The van der Waals surface area contributed by atoms with Crippen LogP contribution < -0.4 is 9.47 Å². The standard InChI is InChI=1S/C25H23ClN2O5S/c1-31-22-9-4-17(11-23(22)33-15-24-27-20(14-29)16-34-24)12-28(13-21-3-2-10-32-21)25(30)18-5-7-19(26)8-6-18/h2-11,16,29H,12-15H2,1H3. The zero-order valence-electron chi connectivity index (χ0n) is 18.4. The maximum atomic E-state index is 13.3. The average Bonchev–Trinajstić information content (AvgIpc) is 3.54. The van der Waals surface area contributed by atoms with E-state index in [0.29, 0.717) is 46.6 Å². The van der Waals surface area contributed by atoms with E-state index in [-0.39, 0.29) is 19.1 Å². The minimum Gasteiger partial charge on any atom is -0.493 e. The number of methoxy groups -OCH3 is 1. The van der Waals surface area contributed by atoms with Gasteiger partial charge < -0.3 is 23.9 Å². The molecule has 0 fully saturated rings. The molecule has 0 saturated carbocycles. The first-order valence-corrected chi connectivity index (χ1v) is 11.7. The highest BCUT2D eigenvalue weighted by Crippen LogP contribution is 2.30. The van der Waals surface area contributed by atoms with E-state index in [9.17, 15) is 9.90 Å². The monoisotopic (exact) mass is 498 g/mol. The van der Waals surface area contributed by atoms with Crippen LogP contribution in [0, 0.1) is 0 Å². The lowest BCUT2D eigenvalue weighted by molar-refractivity contribution is 0.0717. The zero-order chi connectivity index (χ0) is 23.9. The van der Waals surface area contributed by atoms with E-state index in [2.05, 4.69) is 4.98 Å². The molecule has 2 aromatic heterocycles. The molecule has 0 aliphatic carbocycles. The molecule has 0 aliphatic rings. The number of aromatic nitrogens is 1. The predicted octanol–water partition coefficient (Wildman–Crippen LogP) is 5.31. The second-order valence-corrected chi connectivity index (χ2v) is 8.79. The lowest BCUT2D eigenvalue weighted by Gasteiger charge is -2.23. The van der Waals surface area contributed by atoms with Gasteiger partial charge in [0.15, 0.2) is 11.5 Å². The summed E-state index contributed by atoms with van der Waals surface area (Å²) in [7, 11) is 1.57. The SMILES string of the molecule is COc1ccc(CN(Cc2ccco2)C(=O)c2ccc(Cl)cc2)cc1OCc1nc(CO)cs1. The van der Waals surface area contributed by atoms with Crippen molar-refractivity contribution in [3.05, 3.63) is 98.9 Å². The number of hydrogen-bond donors (Lipinski definition) is 1. The van der Waals surface area contributed by atoms with Crippen molar-refractivity contribution in [3.63, 3.8) is 0 Å². The molecule has 0 atom stereocenters. The fourth-order valence-electron chi connectivity index (χ4n) is 3.35. The highest BCUT2D eigenvalue weighted by Gasteiger charge is 2.19. The van der Waals surface area contributed by atoms with Crippen LogP contribution in [0.3, 0.4) is 0 Å². The van der Waals surface area contributed by atoms with E-state index < -0.39 is 0 Å². The van der Waals surface area contributed by atoms with Gasteiger partial charge in [0, 0.05) is 22.5 Å². The van der Waals surface area contributed by atoms with Crippen molar-refractivity contribution in [2.75, 3.05) is 7.11 Å². The molecule has 0 aliphatic heterocycles. The summed E-state index contributed by atoms with van der Waals surface area (Å²) in [5.41, 5.74) is 2.00. The van der Waals surface area contributed by atoms with E-state index >= 15 is 0 Å². The second kappa shape index (κ2) is 11.2. The molecule has 4 aromatic rings. The molecule has 7 nitrogen and oxygen atoms in total. The number of amides is 1. The van der Waals surface area contributed by atoms with Crippen LogP contribution in [0.4, 0.5) is 0 Å². The van der Waals surface area contributed by atoms with Crippen molar-refractivity contribution < 1.29 is 23.8 Å². The Kier molecular flexibility index (Phi) is 7.84. The van der Waals surface area contributed by atoms with Gasteiger partial charge in [-0.1, -0.05) is 17.7 Å². The van der Waals surface area contributed by atoms with E-state index in [1.54, 1.807) is 54.0 Å². The summed E-state index contributed by atoms with van der Waals surface area (Å²) in [4.78, 5) is 19.3. The fourth-order valence-corrected chi connectivity index (χ4v) is 4.17. The number of rotatable bonds is 10. The van der Waals surface area contributed by atoms with Crippen molar-refractivity contribution >= 4 is 28.8 Å². The lowest BCUT2D eigenvalue weighted by atomic mass is 10.1. The van der Waals surface area contributed by atoms with Crippen molar-refractivity contribution in [3.8, 4) is 11.5 Å². The number of halogens is 1. The molecule has 34 heavy (non-hydrogen) atoms. The fraction of sp³-hybridized carbons (Fsp3) is 0.200. The van der Waals surface area contributed by atoms with Crippen molar-refractivity contribution in [2.24, 2.45) is 0 Å². The predicted molar refractivity (Wildman–Crippen MR) is 129 cm³/mol. The molecule has 2 heterocycles. The highest BCUT2D eigenvalue weighted by molar-refractivity contribution is 7.09. The number of carbonyl (C=O) groups is 1. The quantitative estimate of drug-likeness (QED) is 0.319. The smallest absolute Gasteiger partial charge is 0.254 e. The van der Waals surface area contributed by atoms with Gasteiger partial charge >= 0.3 is 0 Å². The van der Waals surface area contributed by atoms with Gasteiger partial charge in [-0.25, -0.2) is 4.98 Å². The van der Waals surface area contributed by atoms with Crippen LogP contribution in [0.25, 0.3) is 0 Å². The number of furan rings is 1. The molecule has 1 amide bonds. The third kappa shape index (κ3) is 5.96. The number of thiazole rings is 1. The van der Waals surface area contributed by atoms with Crippen molar-refractivity contribution in [2.45, 2.75) is 26.3 Å². The summed E-state index contributed by atoms with van der Waals surface area (Å²) in [6.45, 7) is 0.765. The molecule has 0 unspecified atom stereocenters. The minimum atomic E-state index is -0.148. The number of hydrogen-bond acceptors (Lipinski definition) is 7. The number of ether oxygens (including phenoxy) is 2. The van der Waals surface area contributed by atoms with E-state index in [4.69, 9.17) is 25.5 Å². The van der Waals surface area contributed by atoms with Gasteiger partial charge in [-0.05, 0) is 54.1 Å². The molecule has 176 valence electrons. The summed E-state index contributed by atoms with van der Waals surface area (Å²) in [6.07, 6.45) is 1.58. The molecule has 0 spiro atoms. The normalized spacial score (nSPS) is 10.8. The van der Waals surface area contributed by atoms with Crippen LogP contribution in [0.2, 0.25) is 5.02 Å². The lowest BCUT2D eigenvalue weighted by Crippen LogP contribution is -2.30. The third-order valence-electron chi connectivity index (χ3n) is 5.02. The molecule has 0 radical (unpaired) electrons. The highest BCUT2D eigenvalue weighted by atomic mass is 35.5. The van der Waals surface area contributed by atoms with E-state index in [1.807, 2.05) is 24.3 Å². The van der Waals surface area contributed by atoms with E-state index in [1.165, 1.54) is 11.3 Å². The number of benzene rings is 2. The maximum Gasteiger partial charge on any atom is 0.254 e. The molecular weight excluding hydrogens is 476 g/mol. The first-order valence-electron chi connectivity index (χ1n) is 10.5. The van der Waals surface area contributed by atoms with Crippen LogP contribution in [-0.2, 0) is 26.3 Å². The number of aliphatic hydroxyl groups excluding tert-OH is 1. The Bertz CT molecular complexity index is 1220. The van der Waals surface area contributed by atoms with Crippen LogP contribution in [-0.4, -0.2) is 28.0 Å². The first-order chi connectivity index (χ1) is 16.6. The summed E-state index contributed by atoms with van der Waals surface area (Å²) < 4.78 is 16.9. The molecule has 0 bridgehead atoms. The Morgan fingerprint density at radius 2 is 1.97 bits per heavy atom. The first kappa shape index (κ1) is 23.8. The van der Waals surface area contributed by atoms with Gasteiger partial charge in [0.2, 0.25) is 0 Å². The van der Waals surface area contributed by atoms with Crippen LogP contribution in [0.5, 0.6) is 11.5 Å². The molecule has 9 heteroatoms. The van der Waals surface area contributed by atoms with Crippen molar-refractivity contribution in [1.29, 1.82) is 0 Å². The van der Waals surface area contributed by atoms with E-state index in [0.717, 1.165) is 10.6 Å². The minimum absolute atomic E-state index is 0.109. The number of aliphatic hydroxyl groups is 1. The number of nitrogens with zero attached hydrogens (tertiary/aromatic N) is 2. The molecule has 2 aromatic carbocycles. The molecular formula is C25H23ClN2O5S. The Balaban J connectivity index is 1.55. The third-order valence-corrected chi connectivity index (χ3v) is 6.14. The Hall–Kier alpha value is -3.33. The summed E-state index contributed by atoms with van der Waals surface area (Å²) >= 11 is 7.41. The van der Waals surface area contributed by atoms with Crippen LogP contribution >= 0.6 is 22.9 Å².